The molecule has 2 fully saturated rings. The molecule has 4 rings (SSSR count). The van der Waals surface area contributed by atoms with E-state index in [1.807, 2.05) is 6.07 Å². The number of hydrogen-bond acceptors (Lipinski definition) is 6. The Balaban J connectivity index is 1.31. The number of β-amino-alcohol motifs (C(OH)–C–C–N with tert-alkyl or cyclic N) is 1. The number of aliphatic hydroxyl groups excluding tert-OH is 2. The van der Waals surface area contributed by atoms with Gasteiger partial charge in [-0.2, -0.15) is 0 Å². The van der Waals surface area contributed by atoms with E-state index < -0.39 is 0 Å². The van der Waals surface area contributed by atoms with E-state index in [0.717, 1.165) is 39.3 Å². The van der Waals surface area contributed by atoms with Crippen molar-refractivity contribution in [3.63, 3.8) is 0 Å². The minimum Gasteiger partial charge on any atom is -0.511 e. The van der Waals surface area contributed by atoms with E-state index in [2.05, 4.69) is 33.0 Å². The fourth-order valence-corrected chi connectivity index (χ4v) is 4.66. The molecule has 3 aliphatic rings. The number of allylic oxidation sites excluding steroid dienone is 2. The van der Waals surface area contributed by atoms with E-state index in [-0.39, 0.29) is 24.1 Å². The minimum atomic E-state index is -0.00396. The maximum atomic E-state index is 12.7. The molecule has 1 saturated heterocycles. The fourth-order valence-electron chi connectivity index (χ4n) is 4.66. The van der Waals surface area contributed by atoms with Gasteiger partial charge in [0.1, 0.15) is 5.76 Å². The third kappa shape index (κ3) is 5.17. The minimum absolute atomic E-state index is 0.00396. The van der Waals surface area contributed by atoms with Crippen molar-refractivity contribution in [1.82, 2.24) is 9.80 Å². The zero-order valence-corrected chi connectivity index (χ0v) is 17.7. The van der Waals surface area contributed by atoms with Crippen LogP contribution in [0, 0.1) is 0 Å². The Kier molecular flexibility index (Phi) is 6.97. The largest absolute Gasteiger partial charge is 0.511 e. The number of rotatable bonds is 8. The number of benzene rings is 1. The molecule has 6 heteroatoms. The number of hydrogen-bond donors (Lipinski definition) is 2. The van der Waals surface area contributed by atoms with Crippen LogP contribution in [0.15, 0.2) is 40.6 Å². The van der Waals surface area contributed by atoms with Gasteiger partial charge in [0.2, 0.25) is 0 Å². The molecule has 1 aromatic carbocycles. The average molecular weight is 412 g/mol. The van der Waals surface area contributed by atoms with Gasteiger partial charge < -0.3 is 10.2 Å². The first-order chi connectivity index (χ1) is 14.7. The molecule has 1 saturated carbocycles. The van der Waals surface area contributed by atoms with Gasteiger partial charge >= 0.3 is 0 Å². The van der Waals surface area contributed by atoms with Crippen LogP contribution >= 0.6 is 0 Å². The lowest BCUT2D eigenvalue weighted by Gasteiger charge is -2.33. The van der Waals surface area contributed by atoms with Crippen LogP contribution in [0.1, 0.15) is 48.6 Å². The Morgan fingerprint density at radius 3 is 2.20 bits per heavy atom. The molecule has 0 amide bonds. The molecule has 1 heterocycles. The second kappa shape index (κ2) is 9.86. The van der Waals surface area contributed by atoms with Crippen molar-refractivity contribution in [3.8, 4) is 0 Å². The first kappa shape index (κ1) is 21.2. The van der Waals surface area contributed by atoms with Gasteiger partial charge in [-0.05, 0) is 35.8 Å². The molecule has 0 radical (unpaired) electrons. The van der Waals surface area contributed by atoms with E-state index in [0.29, 0.717) is 30.9 Å². The van der Waals surface area contributed by atoms with Crippen LogP contribution in [0.5, 0.6) is 0 Å². The highest BCUT2D eigenvalue weighted by atomic mass is 16.3. The molecule has 30 heavy (non-hydrogen) atoms. The van der Waals surface area contributed by atoms with E-state index in [4.69, 9.17) is 5.11 Å². The second-order valence-electron chi connectivity index (χ2n) is 8.73. The average Bonchev–Trinajstić information content (AvgIpc) is 3.59. The van der Waals surface area contributed by atoms with E-state index in [9.17, 15) is 9.90 Å². The predicted octanol–water partition coefficient (Wildman–Crippen LogP) is 2.50. The monoisotopic (exact) mass is 411 g/mol. The fraction of sp³-hybridized carbons (Fsp3) is 0.583. The van der Waals surface area contributed by atoms with Gasteiger partial charge in [-0.25, -0.2) is 0 Å². The molecule has 2 aliphatic carbocycles. The van der Waals surface area contributed by atoms with E-state index in [1.54, 1.807) is 6.21 Å². The van der Waals surface area contributed by atoms with Crippen molar-refractivity contribution in [2.75, 3.05) is 52.4 Å². The second-order valence-corrected chi connectivity index (χ2v) is 8.73. The van der Waals surface area contributed by atoms with Gasteiger partial charge in [0, 0.05) is 58.3 Å². The molecule has 1 aliphatic heterocycles. The molecule has 1 aromatic rings. The molecule has 1 atom stereocenters. The first-order valence-electron chi connectivity index (χ1n) is 11.2. The Bertz CT molecular complexity index is 808. The smallest absolute Gasteiger partial charge is 0.168 e. The van der Waals surface area contributed by atoms with Crippen LogP contribution in [0.3, 0.4) is 0 Å². The van der Waals surface area contributed by atoms with E-state index >= 15 is 0 Å². The third-order valence-corrected chi connectivity index (χ3v) is 6.58. The highest BCUT2D eigenvalue weighted by Crippen LogP contribution is 2.45. The number of nitrogens with zero attached hydrogens (tertiary/aromatic N) is 3. The SMILES string of the molecule is O=C1CC(c2ccccc2C2CC2)CC(O)=C1C=NCCN1CCN(CCO)CC1. The van der Waals surface area contributed by atoms with Gasteiger partial charge in [-0.15, -0.1) is 0 Å². The summed E-state index contributed by atoms with van der Waals surface area (Å²) in [6.07, 6.45) is 5.01. The zero-order chi connectivity index (χ0) is 20.9. The van der Waals surface area contributed by atoms with Crippen LogP contribution < -0.4 is 0 Å². The first-order valence-corrected chi connectivity index (χ1v) is 11.2. The topological polar surface area (TPSA) is 76.4 Å². The summed E-state index contributed by atoms with van der Waals surface area (Å²) in [5.74, 6) is 0.886. The molecule has 0 aromatic heterocycles. The standard InChI is InChI=1S/C24H33N3O3/c28-14-13-27-11-9-26(10-12-27)8-7-25-17-22-23(29)15-19(16-24(22)30)21-4-2-1-3-20(21)18-5-6-18/h1-4,17-19,28-29H,5-16H2. The van der Waals surface area contributed by atoms with Crippen LogP contribution in [0.25, 0.3) is 0 Å². The summed E-state index contributed by atoms with van der Waals surface area (Å²) < 4.78 is 0. The van der Waals surface area contributed by atoms with Crippen molar-refractivity contribution in [2.45, 2.75) is 37.5 Å². The molecular weight excluding hydrogens is 378 g/mol. The zero-order valence-electron chi connectivity index (χ0n) is 17.7. The van der Waals surface area contributed by atoms with Crippen LogP contribution in [-0.2, 0) is 4.79 Å². The van der Waals surface area contributed by atoms with Crippen molar-refractivity contribution in [2.24, 2.45) is 4.99 Å². The Morgan fingerprint density at radius 2 is 1.60 bits per heavy atom. The number of piperazine rings is 1. The quantitative estimate of drug-likeness (QED) is 0.643. The summed E-state index contributed by atoms with van der Waals surface area (Å²) in [5.41, 5.74) is 2.98. The highest BCUT2D eigenvalue weighted by Gasteiger charge is 2.32. The molecular formula is C24H33N3O3. The summed E-state index contributed by atoms with van der Waals surface area (Å²) in [6.45, 7) is 6.32. The number of ketones is 1. The molecule has 162 valence electrons. The summed E-state index contributed by atoms with van der Waals surface area (Å²) in [7, 11) is 0. The lowest BCUT2D eigenvalue weighted by atomic mass is 9.80. The molecule has 2 N–H and O–H groups in total. The van der Waals surface area contributed by atoms with Crippen LogP contribution in [0.4, 0.5) is 0 Å². The molecule has 6 nitrogen and oxygen atoms in total. The van der Waals surface area contributed by atoms with Gasteiger partial charge in [0.05, 0.1) is 18.7 Å². The third-order valence-electron chi connectivity index (χ3n) is 6.58. The molecule has 1 unspecified atom stereocenters. The lowest BCUT2D eigenvalue weighted by molar-refractivity contribution is -0.116. The lowest BCUT2D eigenvalue weighted by Crippen LogP contribution is -2.47. The van der Waals surface area contributed by atoms with Gasteiger partial charge in [0.15, 0.2) is 5.78 Å². The van der Waals surface area contributed by atoms with Gasteiger partial charge in [-0.3, -0.25) is 19.6 Å². The predicted molar refractivity (Wildman–Crippen MR) is 118 cm³/mol. The number of carbonyl (C=O) groups is 1. The maximum absolute atomic E-state index is 12.7. The van der Waals surface area contributed by atoms with E-state index in [1.165, 1.54) is 24.0 Å². The van der Waals surface area contributed by atoms with Gasteiger partial charge in [0.25, 0.3) is 0 Å². The van der Waals surface area contributed by atoms with Crippen LogP contribution in [0.2, 0.25) is 0 Å². The maximum Gasteiger partial charge on any atom is 0.168 e. The Labute approximate surface area is 178 Å². The summed E-state index contributed by atoms with van der Waals surface area (Å²) in [5, 5.41) is 19.6. The molecule has 0 spiro atoms. The number of Topliss-reactive ketones (excluding diaryl/α,β-unsaturated/α-hetero) is 1. The number of aliphatic imine (C=N–C) groups is 1. The highest BCUT2D eigenvalue weighted by molar-refractivity contribution is 6.14. The van der Waals surface area contributed by atoms with Crippen molar-refractivity contribution < 1.29 is 15.0 Å². The Morgan fingerprint density at radius 1 is 0.967 bits per heavy atom. The summed E-state index contributed by atoms with van der Waals surface area (Å²) in [6, 6.07) is 8.41. The van der Waals surface area contributed by atoms with Gasteiger partial charge in [-0.1, -0.05) is 24.3 Å². The molecule has 0 bridgehead atoms. The van der Waals surface area contributed by atoms with Crippen LogP contribution in [-0.4, -0.2) is 84.4 Å². The number of aliphatic hydroxyl groups is 2. The summed E-state index contributed by atoms with van der Waals surface area (Å²) in [4.78, 5) is 21.8. The van der Waals surface area contributed by atoms with Crippen molar-refractivity contribution in [3.05, 3.63) is 46.7 Å². The Hall–Kier alpha value is -2.02. The summed E-state index contributed by atoms with van der Waals surface area (Å²) >= 11 is 0. The number of carbonyl (C=O) groups excluding carboxylic acids is 1. The normalized spacial score (nSPS) is 24.2. The van der Waals surface area contributed by atoms with Crippen molar-refractivity contribution >= 4 is 12.0 Å². The van der Waals surface area contributed by atoms with Crippen molar-refractivity contribution in [1.29, 1.82) is 0 Å².